The molecule has 0 aromatic heterocycles. The molecule has 5 atom stereocenters. The van der Waals surface area contributed by atoms with Crippen LogP contribution in [0.1, 0.15) is 32.6 Å². The lowest BCUT2D eigenvalue weighted by Gasteiger charge is -2.45. The fraction of sp³-hybridized carbons (Fsp3) is 1.00. The smallest absolute Gasteiger partial charge is 0.0986 e. The third-order valence-corrected chi connectivity index (χ3v) is 5.26. The first-order chi connectivity index (χ1) is 8.30. The summed E-state index contributed by atoms with van der Waals surface area (Å²) in [6.07, 6.45) is 7.92. The maximum atomic E-state index is 5.66. The molecule has 0 aliphatic heterocycles. The van der Waals surface area contributed by atoms with Gasteiger partial charge in [-0.1, -0.05) is 6.42 Å². The van der Waals surface area contributed by atoms with Gasteiger partial charge in [0.2, 0.25) is 0 Å². The van der Waals surface area contributed by atoms with Crippen molar-refractivity contribution in [3.05, 3.63) is 0 Å². The van der Waals surface area contributed by atoms with E-state index in [4.69, 9.17) is 9.47 Å². The van der Waals surface area contributed by atoms with E-state index in [1.807, 2.05) is 18.7 Å². The number of hydrogen-bond acceptors (Lipinski definition) is 4. The maximum absolute atomic E-state index is 5.66. The minimum absolute atomic E-state index is 0.248. The molecule has 2 fully saturated rings. The van der Waals surface area contributed by atoms with E-state index in [0.717, 1.165) is 18.3 Å². The molecule has 1 N–H and O–H groups in total. The zero-order chi connectivity index (χ0) is 12.3. The second kappa shape index (κ2) is 6.41. The van der Waals surface area contributed by atoms with Gasteiger partial charge in [-0.2, -0.15) is 11.8 Å². The van der Waals surface area contributed by atoms with Crippen molar-refractivity contribution >= 4 is 11.8 Å². The Labute approximate surface area is 109 Å². The summed E-state index contributed by atoms with van der Waals surface area (Å²) in [6.45, 7) is 2.84. The molecule has 3 nitrogen and oxygen atoms in total. The molecule has 0 heterocycles. The zero-order valence-electron chi connectivity index (χ0n) is 11.1. The van der Waals surface area contributed by atoms with Crippen LogP contribution in [0, 0.1) is 0 Å². The van der Waals surface area contributed by atoms with E-state index in [1.54, 1.807) is 7.11 Å². The van der Waals surface area contributed by atoms with Crippen LogP contribution in [-0.4, -0.2) is 49.5 Å². The van der Waals surface area contributed by atoms with Gasteiger partial charge in [0.1, 0.15) is 0 Å². The van der Waals surface area contributed by atoms with Crippen LogP contribution in [0.15, 0.2) is 0 Å². The average Bonchev–Trinajstić information content (AvgIpc) is 2.75. The summed E-state index contributed by atoms with van der Waals surface area (Å²) < 4.78 is 11.2. The van der Waals surface area contributed by atoms with Crippen molar-refractivity contribution in [2.24, 2.45) is 0 Å². The Hall–Kier alpha value is 0.230. The lowest BCUT2D eigenvalue weighted by atomic mass is 9.84. The molecule has 0 aromatic carbocycles. The zero-order valence-corrected chi connectivity index (χ0v) is 12.0. The Kier molecular flexibility index (Phi) is 5.15. The highest BCUT2D eigenvalue weighted by atomic mass is 32.2. The SMILES string of the molecule is CCOC1CC(NC2CCCC2SC)C1OC. The molecule has 0 amide bonds. The van der Waals surface area contributed by atoms with E-state index in [1.165, 1.54) is 19.3 Å². The van der Waals surface area contributed by atoms with Crippen LogP contribution in [0.2, 0.25) is 0 Å². The van der Waals surface area contributed by atoms with E-state index in [9.17, 15) is 0 Å². The van der Waals surface area contributed by atoms with Crippen LogP contribution in [0.25, 0.3) is 0 Å². The van der Waals surface area contributed by atoms with E-state index in [-0.39, 0.29) is 6.10 Å². The van der Waals surface area contributed by atoms with Crippen LogP contribution in [-0.2, 0) is 9.47 Å². The molecule has 0 aromatic rings. The van der Waals surface area contributed by atoms with Crippen LogP contribution in [0.4, 0.5) is 0 Å². The summed E-state index contributed by atoms with van der Waals surface area (Å²) >= 11 is 2.00. The molecular weight excluding hydrogens is 234 g/mol. The Bertz CT molecular complexity index is 239. The van der Waals surface area contributed by atoms with Crippen LogP contribution < -0.4 is 5.32 Å². The Morgan fingerprint density at radius 1 is 1.29 bits per heavy atom. The molecule has 5 unspecified atom stereocenters. The van der Waals surface area contributed by atoms with E-state index < -0.39 is 0 Å². The minimum Gasteiger partial charge on any atom is -0.377 e. The van der Waals surface area contributed by atoms with E-state index in [0.29, 0.717) is 18.2 Å². The molecule has 2 aliphatic rings. The van der Waals surface area contributed by atoms with Crippen molar-refractivity contribution in [2.75, 3.05) is 20.0 Å². The van der Waals surface area contributed by atoms with Crippen molar-refractivity contribution in [3.63, 3.8) is 0 Å². The second-order valence-corrected chi connectivity index (χ2v) is 6.09. The normalized spacial score (nSPS) is 41.5. The molecule has 2 aliphatic carbocycles. The lowest BCUT2D eigenvalue weighted by Crippen LogP contribution is -2.62. The van der Waals surface area contributed by atoms with Gasteiger partial charge in [-0.25, -0.2) is 0 Å². The second-order valence-electron chi connectivity index (χ2n) is 5.01. The highest BCUT2D eigenvalue weighted by molar-refractivity contribution is 7.99. The van der Waals surface area contributed by atoms with E-state index in [2.05, 4.69) is 11.6 Å². The average molecular weight is 259 g/mol. The van der Waals surface area contributed by atoms with Gasteiger partial charge in [0, 0.05) is 31.1 Å². The van der Waals surface area contributed by atoms with Crippen molar-refractivity contribution in [2.45, 2.75) is 62.1 Å². The summed E-state index contributed by atoms with van der Waals surface area (Å²) in [5.41, 5.74) is 0. The van der Waals surface area contributed by atoms with Crippen molar-refractivity contribution in [1.82, 2.24) is 5.32 Å². The third kappa shape index (κ3) is 2.98. The number of nitrogens with one attached hydrogen (secondary N) is 1. The highest BCUT2D eigenvalue weighted by Gasteiger charge is 2.44. The minimum atomic E-state index is 0.248. The number of ether oxygens (including phenoxy) is 2. The standard InChI is InChI=1S/C13H25NO2S/c1-4-16-11-8-10(13(11)15-2)14-9-6-5-7-12(9)17-3/h9-14H,4-8H2,1-3H3. The fourth-order valence-electron chi connectivity index (χ4n) is 3.11. The highest BCUT2D eigenvalue weighted by Crippen LogP contribution is 2.33. The maximum Gasteiger partial charge on any atom is 0.0986 e. The molecular formula is C13H25NO2S. The third-order valence-electron chi connectivity index (χ3n) is 4.09. The predicted molar refractivity (Wildman–Crippen MR) is 72.7 cm³/mol. The number of methoxy groups -OCH3 is 1. The van der Waals surface area contributed by atoms with Gasteiger partial charge in [0.05, 0.1) is 12.2 Å². The predicted octanol–water partition coefficient (Wildman–Crippen LogP) is 2.05. The van der Waals surface area contributed by atoms with Gasteiger partial charge in [0.25, 0.3) is 0 Å². The molecule has 0 saturated heterocycles. The van der Waals surface area contributed by atoms with Gasteiger partial charge >= 0.3 is 0 Å². The van der Waals surface area contributed by atoms with Gasteiger partial charge in [-0.05, 0) is 32.4 Å². The van der Waals surface area contributed by atoms with Gasteiger partial charge < -0.3 is 14.8 Å². The largest absolute Gasteiger partial charge is 0.377 e. The summed E-state index contributed by atoms with van der Waals surface area (Å²) in [7, 11) is 1.80. The summed E-state index contributed by atoms with van der Waals surface area (Å²) in [4.78, 5) is 0. The monoisotopic (exact) mass is 259 g/mol. The molecule has 0 bridgehead atoms. The lowest BCUT2D eigenvalue weighted by molar-refractivity contribution is -0.132. The number of thioether (sulfide) groups is 1. The van der Waals surface area contributed by atoms with Gasteiger partial charge in [-0.15, -0.1) is 0 Å². The van der Waals surface area contributed by atoms with Crippen molar-refractivity contribution in [3.8, 4) is 0 Å². The summed E-state index contributed by atoms with van der Waals surface area (Å²) in [5.74, 6) is 0. The van der Waals surface area contributed by atoms with Crippen LogP contribution in [0.5, 0.6) is 0 Å². The molecule has 4 heteroatoms. The summed E-state index contributed by atoms with van der Waals surface area (Å²) in [5, 5.41) is 4.57. The Balaban J connectivity index is 1.80. The Morgan fingerprint density at radius 2 is 2.12 bits per heavy atom. The number of hydrogen-bond donors (Lipinski definition) is 1. The molecule has 100 valence electrons. The molecule has 2 rings (SSSR count). The molecule has 0 spiro atoms. The van der Waals surface area contributed by atoms with Gasteiger partial charge in [-0.3, -0.25) is 0 Å². The van der Waals surface area contributed by atoms with Crippen molar-refractivity contribution in [1.29, 1.82) is 0 Å². The Morgan fingerprint density at radius 3 is 2.76 bits per heavy atom. The molecule has 2 saturated carbocycles. The molecule has 0 radical (unpaired) electrons. The topological polar surface area (TPSA) is 30.5 Å². The first-order valence-electron chi connectivity index (χ1n) is 6.73. The number of rotatable bonds is 6. The first kappa shape index (κ1) is 13.7. The fourth-order valence-corrected chi connectivity index (χ4v) is 4.06. The molecule has 17 heavy (non-hydrogen) atoms. The first-order valence-corrected chi connectivity index (χ1v) is 8.02. The van der Waals surface area contributed by atoms with Crippen LogP contribution in [0.3, 0.4) is 0 Å². The summed E-state index contributed by atoms with van der Waals surface area (Å²) in [6, 6.07) is 1.17. The van der Waals surface area contributed by atoms with Gasteiger partial charge in [0.15, 0.2) is 0 Å². The van der Waals surface area contributed by atoms with Crippen LogP contribution >= 0.6 is 11.8 Å². The van der Waals surface area contributed by atoms with E-state index >= 15 is 0 Å². The quantitative estimate of drug-likeness (QED) is 0.791. The van der Waals surface area contributed by atoms with Crippen molar-refractivity contribution < 1.29 is 9.47 Å².